The van der Waals surface area contributed by atoms with E-state index >= 15 is 0 Å². The Hall–Kier alpha value is 1.09. The SMILES string of the molecule is CC[Si](CC)(CC)[Sc][CH3]. The molecule has 0 spiro atoms. The fraction of sp³-hybridized carbons (Fsp3) is 1.00. The first-order valence-electron chi connectivity index (χ1n) is 4.05. The normalized spacial score (nSPS) is 11.1. The molecule has 53 valence electrons. The van der Waals surface area contributed by atoms with E-state index < -0.39 is 5.26 Å². The maximum absolute atomic E-state index is 2.52. The van der Waals surface area contributed by atoms with Crippen molar-refractivity contribution >= 4 is 5.26 Å². The van der Waals surface area contributed by atoms with Gasteiger partial charge in [0, 0.05) is 0 Å². The van der Waals surface area contributed by atoms with Crippen molar-refractivity contribution in [3.8, 4) is 0 Å². The van der Waals surface area contributed by atoms with Gasteiger partial charge in [-0.05, 0) is 0 Å². The third-order valence-electron chi connectivity index (χ3n) is 2.72. The van der Waals surface area contributed by atoms with Crippen LogP contribution in [-0.2, 0) is 22.1 Å². The maximum atomic E-state index is 2.52. The van der Waals surface area contributed by atoms with Crippen LogP contribution in [-0.4, -0.2) is 5.26 Å². The fourth-order valence-electron chi connectivity index (χ4n) is 1.36. The Bertz CT molecular complexity index is 51.8. The molecule has 0 unspecified atom stereocenters. The van der Waals surface area contributed by atoms with Crippen LogP contribution < -0.4 is 0 Å². The fourth-order valence-corrected chi connectivity index (χ4v) is 9.82. The van der Waals surface area contributed by atoms with Crippen LogP contribution >= 0.6 is 0 Å². The Morgan fingerprint density at radius 1 is 1.00 bits per heavy atom. The molecule has 0 bridgehead atoms. The van der Waals surface area contributed by atoms with Gasteiger partial charge in [-0.1, -0.05) is 0 Å². The second kappa shape index (κ2) is 4.83. The molecule has 0 N–H and O–H groups in total. The zero-order valence-electron chi connectivity index (χ0n) is 7.20. The van der Waals surface area contributed by atoms with Crippen molar-refractivity contribution in [1.82, 2.24) is 0 Å². The van der Waals surface area contributed by atoms with E-state index in [1.54, 1.807) is 18.1 Å². The molecule has 0 atom stereocenters. The van der Waals surface area contributed by atoms with E-state index in [1.165, 1.54) is 0 Å². The molecule has 0 aromatic rings. The van der Waals surface area contributed by atoms with E-state index in [-0.39, 0.29) is 22.1 Å². The van der Waals surface area contributed by atoms with Crippen LogP contribution in [0.4, 0.5) is 0 Å². The molecule has 0 aliphatic rings. The molecular weight excluding hydrogens is 157 g/mol. The summed E-state index contributed by atoms with van der Waals surface area (Å²) in [4.78, 5) is 0. The molecule has 0 heterocycles. The molecule has 0 saturated heterocycles. The standard InChI is InChI=1S/C6H15Si.CH3.Sc/c1-4-7(5-2)6-3;;/h4-6H2,1-3H3;1H3;. The summed E-state index contributed by atoms with van der Waals surface area (Å²) in [6.07, 6.45) is 0. The van der Waals surface area contributed by atoms with Gasteiger partial charge in [0.05, 0.1) is 0 Å². The van der Waals surface area contributed by atoms with E-state index in [4.69, 9.17) is 0 Å². The average molecular weight is 175 g/mol. The van der Waals surface area contributed by atoms with Crippen molar-refractivity contribution in [3.05, 3.63) is 0 Å². The predicted molar refractivity (Wildman–Crippen MR) is 43.1 cm³/mol. The third-order valence-corrected chi connectivity index (χ3v) is 19.6. The molecule has 0 saturated carbocycles. The zero-order valence-corrected chi connectivity index (χ0v) is 10.0. The van der Waals surface area contributed by atoms with Gasteiger partial charge in [-0.3, -0.25) is 0 Å². The Balaban J connectivity index is 3.82. The Morgan fingerprint density at radius 3 is 1.33 bits per heavy atom. The van der Waals surface area contributed by atoms with Crippen molar-refractivity contribution in [2.45, 2.75) is 43.6 Å². The molecule has 2 heteroatoms. The molecule has 0 rings (SSSR count). The number of hydrogen-bond donors (Lipinski definition) is 0. The van der Waals surface area contributed by atoms with E-state index in [1.807, 2.05) is 0 Å². The second-order valence-electron chi connectivity index (χ2n) is 2.71. The molecule has 0 aromatic heterocycles. The molecule has 0 fully saturated rings. The van der Waals surface area contributed by atoms with Crippen LogP contribution in [0.2, 0.25) is 22.8 Å². The molecule has 9 heavy (non-hydrogen) atoms. The van der Waals surface area contributed by atoms with Crippen LogP contribution in [0, 0.1) is 0 Å². The summed E-state index contributed by atoms with van der Waals surface area (Å²) in [7, 11) is 0. The quantitative estimate of drug-likeness (QED) is 0.576. The Kier molecular flexibility index (Phi) is 5.42. The van der Waals surface area contributed by atoms with Gasteiger partial charge < -0.3 is 0 Å². The first-order valence-corrected chi connectivity index (χ1v) is 11.3. The summed E-state index contributed by atoms with van der Waals surface area (Å²) in [6.45, 7) is 7.21. The van der Waals surface area contributed by atoms with Gasteiger partial charge in [0.1, 0.15) is 0 Å². The van der Waals surface area contributed by atoms with E-state index in [0.29, 0.717) is 0 Å². The average Bonchev–Trinajstić information content (AvgIpc) is 1.95. The van der Waals surface area contributed by atoms with E-state index in [0.717, 1.165) is 0 Å². The van der Waals surface area contributed by atoms with E-state index in [9.17, 15) is 0 Å². The van der Waals surface area contributed by atoms with Crippen LogP contribution in [0.25, 0.3) is 0 Å². The zero-order chi connectivity index (χ0) is 7.33. The summed E-state index contributed by atoms with van der Waals surface area (Å²) < 4.78 is 2.52. The van der Waals surface area contributed by atoms with Crippen molar-refractivity contribution in [2.24, 2.45) is 0 Å². The summed E-state index contributed by atoms with van der Waals surface area (Å²) >= 11 is 0.220. The minimum absolute atomic E-state index is 0.220. The molecule has 0 nitrogen and oxygen atoms in total. The van der Waals surface area contributed by atoms with Crippen molar-refractivity contribution < 1.29 is 22.1 Å². The molecule has 0 aliphatic heterocycles. The topological polar surface area (TPSA) is 0 Å². The first kappa shape index (κ1) is 10.1. The third kappa shape index (κ3) is 2.66. The predicted octanol–water partition coefficient (Wildman–Crippen LogP) is 3.12. The Morgan fingerprint density at radius 2 is 1.33 bits per heavy atom. The van der Waals surface area contributed by atoms with Gasteiger partial charge in [0.25, 0.3) is 0 Å². The summed E-state index contributed by atoms with van der Waals surface area (Å²) in [6, 6.07) is 4.66. The van der Waals surface area contributed by atoms with Gasteiger partial charge in [0.2, 0.25) is 0 Å². The van der Waals surface area contributed by atoms with Gasteiger partial charge in [-0.2, -0.15) is 0 Å². The van der Waals surface area contributed by atoms with Gasteiger partial charge in [-0.25, -0.2) is 0 Å². The van der Waals surface area contributed by atoms with Gasteiger partial charge in [0.15, 0.2) is 0 Å². The molecular formula is C7H18ScSi. The van der Waals surface area contributed by atoms with Gasteiger partial charge >= 0.3 is 70.9 Å². The van der Waals surface area contributed by atoms with Crippen LogP contribution in [0.5, 0.6) is 0 Å². The monoisotopic (exact) mass is 175 g/mol. The molecule has 0 aliphatic carbocycles. The van der Waals surface area contributed by atoms with Gasteiger partial charge in [-0.15, -0.1) is 0 Å². The van der Waals surface area contributed by atoms with Crippen LogP contribution in [0.3, 0.4) is 0 Å². The number of rotatable bonds is 4. The molecule has 0 amide bonds. The van der Waals surface area contributed by atoms with Crippen molar-refractivity contribution in [3.63, 3.8) is 0 Å². The summed E-state index contributed by atoms with van der Waals surface area (Å²) in [5, 5.41) is -0.535. The minimum atomic E-state index is -0.535. The first-order chi connectivity index (χ1) is 4.24. The second-order valence-corrected chi connectivity index (χ2v) is 16.6. The number of hydrogen-bond acceptors (Lipinski definition) is 0. The van der Waals surface area contributed by atoms with Crippen LogP contribution in [0.1, 0.15) is 20.8 Å². The summed E-state index contributed by atoms with van der Waals surface area (Å²) in [5.41, 5.74) is 0. The Labute approximate surface area is 70.8 Å². The van der Waals surface area contributed by atoms with Crippen molar-refractivity contribution in [2.75, 3.05) is 0 Å². The van der Waals surface area contributed by atoms with Crippen molar-refractivity contribution in [1.29, 1.82) is 0 Å². The molecule has 0 aromatic carbocycles. The molecule has 0 radical (unpaired) electrons. The van der Waals surface area contributed by atoms with Crippen LogP contribution in [0.15, 0.2) is 0 Å². The van der Waals surface area contributed by atoms with E-state index in [2.05, 4.69) is 25.5 Å². The summed E-state index contributed by atoms with van der Waals surface area (Å²) in [5.74, 6) is 0.